The Kier molecular flexibility index (Phi) is 4.88. The van der Waals surface area contributed by atoms with Crippen LogP contribution in [0.5, 0.6) is 5.75 Å². The van der Waals surface area contributed by atoms with E-state index in [0.29, 0.717) is 28.0 Å². The number of hydrogen-bond acceptors (Lipinski definition) is 2. The van der Waals surface area contributed by atoms with Gasteiger partial charge in [0, 0.05) is 11.6 Å². The maximum absolute atomic E-state index is 10.7. The van der Waals surface area contributed by atoms with Crippen LogP contribution < -0.4 is 4.74 Å². The third-order valence-electron chi connectivity index (χ3n) is 4.39. The lowest BCUT2D eigenvalue weighted by atomic mass is 9.77. The minimum atomic E-state index is -0.576. The molecule has 1 aromatic rings. The summed E-state index contributed by atoms with van der Waals surface area (Å²) >= 11 is 12.5. The van der Waals surface area contributed by atoms with E-state index in [1.807, 2.05) is 6.92 Å². The quantitative estimate of drug-likeness (QED) is 0.821. The van der Waals surface area contributed by atoms with E-state index in [-0.39, 0.29) is 11.3 Å². The average Bonchev–Trinajstić information content (AvgIpc) is 2.72. The number of benzene rings is 1. The molecular weight excluding hydrogens is 295 g/mol. The lowest BCUT2D eigenvalue weighted by Crippen LogP contribution is -2.24. The second-order valence-electron chi connectivity index (χ2n) is 6.17. The molecular formula is C16H22Cl2O2. The Balaban J connectivity index is 2.31. The van der Waals surface area contributed by atoms with Gasteiger partial charge in [0.25, 0.3) is 0 Å². The van der Waals surface area contributed by atoms with E-state index in [0.717, 1.165) is 19.3 Å². The van der Waals surface area contributed by atoms with Crippen LogP contribution in [0.25, 0.3) is 0 Å². The predicted molar refractivity (Wildman–Crippen MR) is 83.7 cm³/mol. The van der Waals surface area contributed by atoms with Gasteiger partial charge in [-0.15, -0.1) is 0 Å². The molecule has 20 heavy (non-hydrogen) atoms. The number of hydrogen-bond donors (Lipinski definition) is 1. The molecule has 1 aromatic carbocycles. The van der Waals surface area contributed by atoms with E-state index in [1.165, 1.54) is 0 Å². The summed E-state index contributed by atoms with van der Waals surface area (Å²) in [6.45, 7) is 6.84. The lowest BCUT2D eigenvalue weighted by Gasteiger charge is -2.32. The van der Waals surface area contributed by atoms with Crippen LogP contribution in [-0.4, -0.2) is 11.7 Å². The van der Waals surface area contributed by atoms with Crippen molar-refractivity contribution in [3.8, 4) is 5.75 Å². The van der Waals surface area contributed by atoms with Gasteiger partial charge >= 0.3 is 0 Å². The first-order chi connectivity index (χ1) is 9.36. The van der Waals surface area contributed by atoms with Crippen molar-refractivity contribution in [3.63, 3.8) is 0 Å². The van der Waals surface area contributed by atoms with Crippen molar-refractivity contribution in [1.82, 2.24) is 0 Å². The maximum atomic E-state index is 10.7. The zero-order valence-electron chi connectivity index (χ0n) is 12.2. The zero-order valence-corrected chi connectivity index (χ0v) is 13.8. The molecule has 2 unspecified atom stereocenters. The first-order valence-corrected chi connectivity index (χ1v) is 7.92. The van der Waals surface area contributed by atoms with E-state index in [1.54, 1.807) is 12.1 Å². The number of aliphatic hydroxyl groups is 1. The molecule has 1 aliphatic rings. The first-order valence-electron chi connectivity index (χ1n) is 7.16. The minimum Gasteiger partial charge on any atom is -0.492 e. The largest absolute Gasteiger partial charge is 0.492 e. The molecule has 0 bridgehead atoms. The van der Waals surface area contributed by atoms with Gasteiger partial charge in [-0.1, -0.05) is 43.5 Å². The molecule has 0 spiro atoms. The van der Waals surface area contributed by atoms with E-state index in [4.69, 9.17) is 27.9 Å². The molecule has 0 heterocycles. The lowest BCUT2D eigenvalue weighted by molar-refractivity contribution is 0.0532. The summed E-state index contributed by atoms with van der Waals surface area (Å²) in [6.07, 6.45) is 2.73. The Morgan fingerprint density at radius 2 is 2.05 bits per heavy atom. The molecule has 0 aromatic heterocycles. The number of aliphatic hydroxyl groups excluding tert-OH is 1. The maximum Gasteiger partial charge on any atom is 0.139 e. The van der Waals surface area contributed by atoms with Crippen molar-refractivity contribution >= 4 is 23.2 Å². The van der Waals surface area contributed by atoms with Crippen LogP contribution in [0.2, 0.25) is 10.0 Å². The summed E-state index contributed by atoms with van der Waals surface area (Å²) in [6, 6.07) is 3.45. The van der Waals surface area contributed by atoms with Gasteiger partial charge in [-0.3, -0.25) is 0 Å². The van der Waals surface area contributed by atoms with E-state index in [2.05, 4.69) is 13.8 Å². The number of halogens is 2. The summed E-state index contributed by atoms with van der Waals surface area (Å²) in [7, 11) is 0. The van der Waals surface area contributed by atoms with Crippen LogP contribution in [0.3, 0.4) is 0 Å². The second kappa shape index (κ2) is 6.13. The van der Waals surface area contributed by atoms with E-state index < -0.39 is 6.10 Å². The van der Waals surface area contributed by atoms with Gasteiger partial charge in [0.1, 0.15) is 5.75 Å². The van der Waals surface area contributed by atoms with Crippen molar-refractivity contribution in [2.75, 3.05) is 6.61 Å². The fraction of sp³-hybridized carbons (Fsp3) is 0.625. The molecule has 2 atom stereocenters. The Labute approximate surface area is 131 Å². The fourth-order valence-corrected chi connectivity index (χ4v) is 3.68. The van der Waals surface area contributed by atoms with Crippen LogP contribution >= 0.6 is 23.2 Å². The average molecular weight is 317 g/mol. The van der Waals surface area contributed by atoms with Gasteiger partial charge in [0.2, 0.25) is 0 Å². The van der Waals surface area contributed by atoms with Crippen LogP contribution in [0, 0.1) is 11.3 Å². The topological polar surface area (TPSA) is 29.5 Å². The van der Waals surface area contributed by atoms with Gasteiger partial charge < -0.3 is 9.84 Å². The van der Waals surface area contributed by atoms with Crippen molar-refractivity contribution < 1.29 is 9.84 Å². The highest BCUT2D eigenvalue weighted by Gasteiger charge is 2.40. The third kappa shape index (κ3) is 3.08. The Bertz CT molecular complexity index is 486. The minimum absolute atomic E-state index is 0.133. The molecule has 4 heteroatoms. The van der Waals surface area contributed by atoms with Gasteiger partial charge in [-0.25, -0.2) is 0 Å². The molecule has 1 N–H and O–H groups in total. The molecule has 1 fully saturated rings. The fourth-order valence-electron chi connectivity index (χ4n) is 3.19. The summed E-state index contributed by atoms with van der Waals surface area (Å²) in [5.74, 6) is 0.787. The molecule has 0 radical (unpaired) electrons. The van der Waals surface area contributed by atoms with Crippen LogP contribution in [0.4, 0.5) is 0 Å². The molecule has 2 nitrogen and oxygen atoms in total. The highest BCUT2D eigenvalue weighted by Crippen LogP contribution is 2.50. The van der Waals surface area contributed by atoms with Gasteiger partial charge in [0.15, 0.2) is 0 Å². The second-order valence-corrected chi connectivity index (χ2v) is 6.98. The molecule has 2 rings (SSSR count). The molecule has 112 valence electrons. The highest BCUT2D eigenvalue weighted by molar-refractivity contribution is 6.34. The van der Waals surface area contributed by atoms with Gasteiger partial charge in [0.05, 0.1) is 22.8 Å². The van der Waals surface area contributed by atoms with Gasteiger partial charge in [-0.05, 0) is 37.2 Å². The van der Waals surface area contributed by atoms with Crippen molar-refractivity contribution in [2.24, 2.45) is 11.3 Å². The summed E-state index contributed by atoms with van der Waals surface area (Å²) in [4.78, 5) is 0. The molecule has 1 saturated carbocycles. The van der Waals surface area contributed by atoms with Crippen LogP contribution in [0.1, 0.15) is 51.7 Å². The Hall–Kier alpha value is -0.440. The Morgan fingerprint density at radius 1 is 1.35 bits per heavy atom. The van der Waals surface area contributed by atoms with Crippen LogP contribution in [0.15, 0.2) is 12.1 Å². The van der Waals surface area contributed by atoms with Crippen molar-refractivity contribution in [1.29, 1.82) is 0 Å². The molecule has 1 aliphatic carbocycles. The Morgan fingerprint density at radius 3 is 2.60 bits per heavy atom. The molecule has 0 amide bonds. The molecule has 0 aliphatic heterocycles. The smallest absolute Gasteiger partial charge is 0.139 e. The van der Waals surface area contributed by atoms with Crippen molar-refractivity contribution in [3.05, 3.63) is 27.7 Å². The summed E-state index contributed by atoms with van der Waals surface area (Å²) < 4.78 is 5.42. The normalized spacial score (nSPS) is 22.8. The summed E-state index contributed by atoms with van der Waals surface area (Å²) in [5, 5.41) is 11.7. The number of ether oxygens (including phenoxy) is 1. The molecule has 0 saturated heterocycles. The first kappa shape index (κ1) is 15.9. The predicted octanol–water partition coefficient (Wildman–Crippen LogP) is 5.25. The van der Waals surface area contributed by atoms with Crippen LogP contribution in [-0.2, 0) is 0 Å². The highest BCUT2D eigenvalue weighted by atomic mass is 35.5. The van der Waals surface area contributed by atoms with E-state index in [9.17, 15) is 5.11 Å². The third-order valence-corrected chi connectivity index (χ3v) is 5.01. The van der Waals surface area contributed by atoms with Crippen molar-refractivity contribution in [2.45, 2.75) is 46.1 Å². The number of rotatable bonds is 4. The van der Waals surface area contributed by atoms with E-state index >= 15 is 0 Å². The zero-order chi connectivity index (χ0) is 14.9. The van der Waals surface area contributed by atoms with Gasteiger partial charge in [-0.2, -0.15) is 0 Å². The monoisotopic (exact) mass is 316 g/mol. The standard InChI is InChI=1S/C16H22Cl2O2/c1-4-20-14-9-12(17)10(8-13(14)18)15(19)11-6-5-7-16(11,2)3/h8-9,11,15,19H,4-7H2,1-3H3. The summed E-state index contributed by atoms with van der Waals surface area (Å²) in [5.41, 5.74) is 0.841. The SMILES string of the molecule is CCOc1cc(Cl)c(C(O)C2CCCC2(C)C)cc1Cl.